The molecule has 3 N–H and O–H groups in total. The van der Waals surface area contributed by atoms with Crippen molar-refractivity contribution in [1.29, 1.82) is 0 Å². The molecule has 2 aromatic carbocycles. The summed E-state index contributed by atoms with van der Waals surface area (Å²) < 4.78 is 32.5. The molecule has 1 atom stereocenters. The lowest BCUT2D eigenvalue weighted by Crippen LogP contribution is -2.45. The normalized spacial score (nSPS) is 14.3. The number of methoxy groups -OCH3 is 2. The second kappa shape index (κ2) is 16.2. The van der Waals surface area contributed by atoms with Gasteiger partial charge in [0.2, 0.25) is 0 Å². The fourth-order valence-electron chi connectivity index (χ4n) is 4.02. The van der Waals surface area contributed by atoms with Crippen LogP contribution in [0.2, 0.25) is 0 Å². The number of hydrogen-bond donors (Lipinski definition) is 3. The van der Waals surface area contributed by atoms with Crippen LogP contribution in [0.15, 0.2) is 51.2 Å². The first-order chi connectivity index (χ1) is 21.1. The van der Waals surface area contributed by atoms with Crippen LogP contribution >= 0.6 is 15.9 Å². The number of ether oxygens (including phenoxy) is 6. The molecule has 3 rings (SSSR count). The number of nitrogens with zero attached hydrogens (tertiary/aromatic N) is 1. The van der Waals surface area contributed by atoms with Gasteiger partial charge in [-0.2, -0.15) is 5.10 Å². The van der Waals surface area contributed by atoms with Crippen LogP contribution in [0.3, 0.4) is 0 Å². The van der Waals surface area contributed by atoms with Crippen molar-refractivity contribution >= 4 is 46.0 Å². The molecule has 0 radical (unpaired) electrons. The van der Waals surface area contributed by atoms with Crippen molar-refractivity contribution in [3.63, 3.8) is 0 Å². The Hall–Kier alpha value is -4.79. The van der Waals surface area contributed by atoms with Crippen molar-refractivity contribution in [1.82, 2.24) is 16.1 Å². The highest BCUT2D eigenvalue weighted by Gasteiger charge is 2.32. The van der Waals surface area contributed by atoms with Gasteiger partial charge in [-0.1, -0.05) is 6.07 Å². The van der Waals surface area contributed by atoms with E-state index in [2.05, 4.69) is 41.8 Å². The monoisotopic (exact) mass is 676 g/mol. The Labute approximate surface area is 262 Å². The second-order valence-electron chi connectivity index (χ2n) is 8.91. The summed E-state index contributed by atoms with van der Waals surface area (Å²) in [4.78, 5) is 48.6. The van der Waals surface area contributed by atoms with Crippen LogP contribution in [0, 0.1) is 0 Å². The van der Waals surface area contributed by atoms with Crippen LogP contribution in [0.4, 0.5) is 4.79 Å². The Morgan fingerprint density at radius 1 is 1.00 bits per heavy atom. The first-order valence-electron chi connectivity index (χ1n) is 13.4. The lowest BCUT2D eigenvalue weighted by atomic mass is 9.95. The van der Waals surface area contributed by atoms with Gasteiger partial charge in [-0.15, -0.1) is 0 Å². The Bertz CT molecular complexity index is 1460. The third kappa shape index (κ3) is 8.86. The van der Waals surface area contributed by atoms with Crippen molar-refractivity contribution in [2.45, 2.75) is 26.8 Å². The summed E-state index contributed by atoms with van der Waals surface area (Å²) in [7, 11) is 2.68. The first kappa shape index (κ1) is 33.7. The second-order valence-corrected chi connectivity index (χ2v) is 9.76. The highest BCUT2D eigenvalue weighted by atomic mass is 79.9. The quantitative estimate of drug-likeness (QED) is 0.153. The van der Waals surface area contributed by atoms with Crippen molar-refractivity contribution in [3.05, 3.63) is 57.2 Å². The molecule has 14 nitrogen and oxygen atoms in total. The molecular formula is C29H33BrN4O10. The smallest absolute Gasteiger partial charge is 0.343 e. The van der Waals surface area contributed by atoms with Crippen molar-refractivity contribution in [2.75, 3.05) is 40.6 Å². The molecule has 0 unspecified atom stereocenters. The summed E-state index contributed by atoms with van der Waals surface area (Å²) in [5, 5.41) is 9.26. The number of carbonyl (C=O) groups excluding carboxylic acids is 4. The van der Waals surface area contributed by atoms with E-state index in [0.717, 1.165) is 0 Å². The predicted molar refractivity (Wildman–Crippen MR) is 161 cm³/mol. The molecule has 1 aliphatic rings. The van der Waals surface area contributed by atoms with E-state index >= 15 is 0 Å². The number of halogens is 1. The number of carbonyl (C=O) groups is 4. The highest BCUT2D eigenvalue weighted by molar-refractivity contribution is 9.10. The number of nitrogens with one attached hydrogen (secondary N) is 3. The molecule has 0 saturated heterocycles. The number of urea groups is 1. The summed E-state index contributed by atoms with van der Waals surface area (Å²) in [6.45, 7) is 4.92. The Morgan fingerprint density at radius 2 is 1.77 bits per heavy atom. The topological polar surface area (TPSA) is 172 Å². The van der Waals surface area contributed by atoms with Crippen LogP contribution in [0.1, 0.15) is 37.9 Å². The van der Waals surface area contributed by atoms with Gasteiger partial charge in [0.15, 0.2) is 36.2 Å². The Kier molecular flexibility index (Phi) is 12.4. The van der Waals surface area contributed by atoms with Crippen molar-refractivity contribution < 1.29 is 47.6 Å². The van der Waals surface area contributed by atoms with Gasteiger partial charge < -0.3 is 39.1 Å². The van der Waals surface area contributed by atoms with Crippen molar-refractivity contribution in [2.24, 2.45) is 5.10 Å². The van der Waals surface area contributed by atoms with E-state index in [1.54, 1.807) is 51.1 Å². The van der Waals surface area contributed by atoms with Gasteiger partial charge in [0.1, 0.15) is 0 Å². The van der Waals surface area contributed by atoms with Gasteiger partial charge in [-0.25, -0.2) is 19.8 Å². The minimum atomic E-state index is -0.792. The molecule has 44 heavy (non-hydrogen) atoms. The third-order valence-corrected chi connectivity index (χ3v) is 6.53. The average molecular weight is 678 g/mol. The van der Waals surface area contributed by atoms with E-state index in [4.69, 9.17) is 23.7 Å². The van der Waals surface area contributed by atoms with Crippen LogP contribution in [0.5, 0.6) is 23.0 Å². The zero-order valence-corrected chi connectivity index (χ0v) is 26.4. The molecule has 0 fully saturated rings. The first-order valence-corrected chi connectivity index (χ1v) is 14.1. The molecule has 2 aromatic rings. The van der Waals surface area contributed by atoms with E-state index in [1.807, 2.05) is 0 Å². The number of hydrazone groups is 1. The lowest BCUT2D eigenvalue weighted by molar-refractivity contribution is -0.143. The Morgan fingerprint density at radius 3 is 2.45 bits per heavy atom. The molecule has 1 aliphatic heterocycles. The zero-order valence-electron chi connectivity index (χ0n) is 24.8. The third-order valence-electron chi connectivity index (χ3n) is 5.94. The predicted octanol–water partition coefficient (Wildman–Crippen LogP) is 3.13. The van der Waals surface area contributed by atoms with E-state index < -0.39 is 36.5 Å². The van der Waals surface area contributed by atoms with Crippen molar-refractivity contribution in [3.8, 4) is 23.0 Å². The number of allylic oxidation sites excluding steroid dienone is 1. The molecule has 0 aliphatic carbocycles. The molecule has 0 bridgehead atoms. The minimum absolute atomic E-state index is 0.171. The fraction of sp³-hybridized carbons (Fsp3) is 0.345. The molecule has 3 amide bonds. The fourth-order valence-corrected chi connectivity index (χ4v) is 4.59. The maximum absolute atomic E-state index is 12.6. The van der Waals surface area contributed by atoms with Crippen LogP contribution in [-0.2, 0) is 23.9 Å². The number of benzene rings is 2. The molecule has 236 valence electrons. The molecule has 0 saturated carbocycles. The number of esters is 2. The standard InChI is InChI=1S/C29H33BrN4O10/c1-6-41-22-11-17(10-19(30)27(22)44-15-24(36)40-5)13-31-34-23(35)14-43-20-9-8-18(12-21(20)39-4)26-25(28(37)42-7-2)16(3)32-29(38)33-26/h8-13,26H,6-7,14-15H2,1-5H3,(H,34,35)(H2,32,33,38)/b31-13-/t26-/m0/s1. The summed E-state index contributed by atoms with van der Waals surface area (Å²) in [5.74, 6) is -0.461. The average Bonchev–Trinajstić information content (AvgIpc) is 2.99. The van der Waals surface area contributed by atoms with E-state index in [9.17, 15) is 19.2 Å². The van der Waals surface area contributed by atoms with E-state index in [0.29, 0.717) is 39.4 Å². The lowest BCUT2D eigenvalue weighted by Gasteiger charge is -2.28. The van der Waals surface area contributed by atoms with Gasteiger partial charge in [-0.05, 0) is 72.1 Å². The number of amides is 3. The largest absolute Gasteiger partial charge is 0.493 e. The summed E-state index contributed by atoms with van der Waals surface area (Å²) in [6, 6.07) is 6.84. The maximum atomic E-state index is 12.6. The van der Waals surface area contributed by atoms with Crippen LogP contribution in [-0.4, -0.2) is 70.7 Å². The Balaban J connectivity index is 1.67. The maximum Gasteiger partial charge on any atom is 0.343 e. The summed E-state index contributed by atoms with van der Waals surface area (Å²) >= 11 is 3.39. The highest BCUT2D eigenvalue weighted by Crippen LogP contribution is 2.37. The molecule has 0 aromatic heterocycles. The van der Waals surface area contributed by atoms with Crippen LogP contribution < -0.4 is 35.0 Å². The van der Waals surface area contributed by atoms with Gasteiger partial charge in [0.25, 0.3) is 5.91 Å². The van der Waals surface area contributed by atoms with Gasteiger partial charge in [0, 0.05) is 5.70 Å². The molecular weight excluding hydrogens is 644 g/mol. The SMILES string of the molecule is CCOC(=O)C1=C(C)NC(=O)N[C@H]1c1ccc(OCC(=O)N/N=C\c2cc(Br)c(OCC(=O)OC)c(OCC)c2)c(OC)c1. The van der Waals surface area contributed by atoms with Gasteiger partial charge in [-0.3, -0.25) is 4.79 Å². The number of hydrogen-bond acceptors (Lipinski definition) is 11. The van der Waals surface area contributed by atoms with E-state index in [-0.39, 0.29) is 30.3 Å². The van der Waals surface area contributed by atoms with E-state index in [1.165, 1.54) is 20.4 Å². The zero-order chi connectivity index (χ0) is 32.2. The van der Waals surface area contributed by atoms with Crippen LogP contribution in [0.25, 0.3) is 0 Å². The van der Waals surface area contributed by atoms with Gasteiger partial charge in [0.05, 0.1) is 49.7 Å². The van der Waals surface area contributed by atoms with Gasteiger partial charge >= 0.3 is 18.0 Å². The molecule has 0 spiro atoms. The summed E-state index contributed by atoms with van der Waals surface area (Å²) in [6.07, 6.45) is 1.40. The molecule has 15 heteroatoms. The minimum Gasteiger partial charge on any atom is -0.493 e. The summed E-state index contributed by atoms with van der Waals surface area (Å²) in [5.41, 5.74) is 4.12. The molecule has 1 heterocycles. The number of rotatable bonds is 14.